The predicted octanol–water partition coefficient (Wildman–Crippen LogP) is -8.65. The second-order valence-corrected chi connectivity index (χ2v) is 12.9. The van der Waals surface area contributed by atoms with Crippen LogP contribution in [-0.4, -0.2) is 173 Å². The van der Waals surface area contributed by atoms with Crippen LogP contribution >= 0.6 is 0 Å². The van der Waals surface area contributed by atoms with Gasteiger partial charge in [0.2, 0.25) is 41.5 Å². The Kier molecular flexibility index (Phi) is 20.0. The summed E-state index contributed by atoms with van der Waals surface area (Å²) in [7, 11) is 0.838. The van der Waals surface area contributed by atoms with E-state index in [1.165, 1.54) is 33.8 Å². The molecule has 24 heteroatoms. The van der Waals surface area contributed by atoms with E-state index in [0.29, 0.717) is 0 Å². The van der Waals surface area contributed by atoms with Gasteiger partial charge in [-0.2, -0.15) is 0 Å². The zero-order valence-corrected chi connectivity index (χ0v) is 31.7. The first-order valence-electron chi connectivity index (χ1n) is 17.3. The molecule has 1 aliphatic rings. The molecule has 1 heterocycles. The van der Waals surface area contributed by atoms with Gasteiger partial charge in [-0.25, -0.2) is 4.79 Å². The maximum atomic E-state index is 13.5. The van der Waals surface area contributed by atoms with Crippen molar-refractivity contribution in [3.63, 3.8) is 0 Å². The third kappa shape index (κ3) is 14.1. The fraction of sp³-hybridized carbons (Fsp3) is 0.656. The van der Waals surface area contributed by atoms with Crippen LogP contribution in [0.3, 0.4) is 0 Å². The van der Waals surface area contributed by atoms with Crippen LogP contribution in [0.5, 0.6) is 0 Å². The number of aliphatic hydroxyl groups excluding tert-OH is 5. The van der Waals surface area contributed by atoms with Crippen LogP contribution in [0.4, 0.5) is 0 Å². The number of hydrogen-bond acceptors (Lipinski definition) is 16. The maximum Gasteiger partial charge on any atom is 0.338 e. The fourth-order valence-corrected chi connectivity index (χ4v) is 4.73. The number of hydrogen-bond donors (Lipinski definition) is 14. The van der Waals surface area contributed by atoms with Crippen molar-refractivity contribution in [2.45, 2.75) is 95.3 Å². The molecule has 0 saturated carbocycles. The summed E-state index contributed by atoms with van der Waals surface area (Å²) >= 11 is 0. The standard InChI is InChI=1S/C32H53N9O15/c1-7-13(4)24(47)34-9-15-25(48)37-16(11-42)26(49)38-19(12(2)3)29(52)40-21(23(46)17(44)8-33)30(53)39-20(14(5)43)28(51)35-10-18(45)27(50)41-22(31(54)36-15)32(55)56-6/h7,12,14-23,42-46H,8-11,33H2,1-6H3,(H,34,47)(H,35,51)(H,36,54)(H,37,48)(H,38,49)(H,39,53)(H,40,52)(H,41,50)/b13-7-/t14-,15+,16+,17?,18+,19+,20+,21?,22?,23?/m1/s1. The molecule has 0 radical (unpaired) electrons. The Morgan fingerprint density at radius 3 is 1.86 bits per heavy atom. The molecule has 1 rings (SSSR count). The van der Waals surface area contributed by atoms with Crippen LogP contribution in [0.1, 0.15) is 34.6 Å². The van der Waals surface area contributed by atoms with Gasteiger partial charge in [-0.1, -0.05) is 19.9 Å². The Morgan fingerprint density at radius 1 is 0.804 bits per heavy atom. The summed E-state index contributed by atoms with van der Waals surface area (Å²) < 4.78 is 4.56. The van der Waals surface area contributed by atoms with Gasteiger partial charge in [0, 0.05) is 18.7 Å². The van der Waals surface area contributed by atoms with Gasteiger partial charge in [0.25, 0.3) is 11.8 Å². The Labute approximate surface area is 321 Å². The van der Waals surface area contributed by atoms with Gasteiger partial charge in [0.1, 0.15) is 42.4 Å². The molecular formula is C32H53N9O15. The minimum Gasteiger partial charge on any atom is -0.467 e. The molecule has 24 nitrogen and oxygen atoms in total. The number of carbonyl (C=O) groups excluding carboxylic acids is 9. The second kappa shape index (κ2) is 23.0. The van der Waals surface area contributed by atoms with Crippen LogP contribution in [0.2, 0.25) is 0 Å². The number of rotatable bonds is 10. The highest BCUT2D eigenvalue weighted by molar-refractivity contribution is 6.07. The van der Waals surface area contributed by atoms with Crippen LogP contribution in [-0.2, 0) is 47.9 Å². The van der Waals surface area contributed by atoms with Gasteiger partial charge in [-0.3, -0.25) is 38.4 Å². The lowest BCUT2D eigenvalue weighted by Gasteiger charge is -2.31. The van der Waals surface area contributed by atoms with E-state index < -0.39 is 146 Å². The minimum atomic E-state index is -2.27. The highest BCUT2D eigenvalue weighted by Gasteiger charge is 2.40. The number of esters is 1. The number of amides is 8. The average molecular weight is 804 g/mol. The quantitative estimate of drug-likeness (QED) is 0.0554. The van der Waals surface area contributed by atoms with Gasteiger partial charge in [-0.15, -0.1) is 0 Å². The molecule has 10 atom stereocenters. The van der Waals surface area contributed by atoms with Crippen molar-refractivity contribution >= 4 is 53.2 Å². The molecule has 56 heavy (non-hydrogen) atoms. The molecule has 0 aromatic carbocycles. The van der Waals surface area contributed by atoms with E-state index in [9.17, 15) is 68.7 Å². The predicted molar refractivity (Wildman–Crippen MR) is 190 cm³/mol. The molecule has 1 saturated heterocycles. The minimum absolute atomic E-state index is 0.186. The molecule has 1 fully saturated rings. The summed E-state index contributed by atoms with van der Waals surface area (Å²) in [6.45, 7) is 3.53. The fourth-order valence-electron chi connectivity index (χ4n) is 4.73. The van der Waals surface area contributed by atoms with E-state index in [0.717, 1.165) is 14.0 Å². The highest BCUT2D eigenvalue weighted by atomic mass is 16.5. The van der Waals surface area contributed by atoms with Gasteiger partial charge >= 0.3 is 5.97 Å². The summed E-state index contributed by atoms with van der Waals surface area (Å²) in [4.78, 5) is 118. The van der Waals surface area contributed by atoms with E-state index in [1.54, 1.807) is 0 Å². The van der Waals surface area contributed by atoms with Crippen molar-refractivity contribution in [3.8, 4) is 0 Å². The lowest BCUT2D eigenvalue weighted by molar-refractivity contribution is -0.151. The van der Waals surface area contributed by atoms with Crippen molar-refractivity contribution in [1.29, 1.82) is 0 Å². The van der Waals surface area contributed by atoms with E-state index >= 15 is 0 Å². The number of nitrogens with two attached hydrogens (primary N) is 1. The van der Waals surface area contributed by atoms with Gasteiger partial charge in [0.15, 0.2) is 0 Å². The zero-order chi connectivity index (χ0) is 43.0. The molecule has 1 aliphatic heterocycles. The second-order valence-electron chi connectivity index (χ2n) is 12.9. The van der Waals surface area contributed by atoms with Crippen molar-refractivity contribution in [2.75, 3.05) is 33.4 Å². The molecular weight excluding hydrogens is 750 g/mol. The molecule has 0 aromatic heterocycles. The number of aliphatic hydroxyl groups is 5. The molecule has 4 unspecified atom stereocenters. The lowest BCUT2D eigenvalue weighted by atomic mass is 9.99. The zero-order valence-electron chi connectivity index (χ0n) is 31.7. The van der Waals surface area contributed by atoms with Gasteiger partial charge in [-0.05, 0) is 26.7 Å². The number of ether oxygens (including phenoxy) is 1. The van der Waals surface area contributed by atoms with Crippen molar-refractivity contribution in [3.05, 3.63) is 11.6 Å². The molecule has 8 amide bonds. The summed E-state index contributed by atoms with van der Waals surface area (Å²) in [6.07, 6.45) is -6.47. The smallest absolute Gasteiger partial charge is 0.338 e. The molecule has 0 bridgehead atoms. The topological polar surface area (TPSA) is 386 Å². The van der Waals surface area contributed by atoms with E-state index in [1.807, 2.05) is 5.32 Å². The number of allylic oxidation sites excluding steroid dienone is 1. The molecule has 0 aliphatic carbocycles. The number of nitrogens with one attached hydrogen (secondary N) is 8. The van der Waals surface area contributed by atoms with Crippen LogP contribution < -0.4 is 48.3 Å². The number of methoxy groups -OCH3 is 1. The average Bonchev–Trinajstić information content (AvgIpc) is 3.16. The van der Waals surface area contributed by atoms with Crippen molar-refractivity contribution in [2.24, 2.45) is 11.7 Å². The largest absolute Gasteiger partial charge is 0.467 e. The highest BCUT2D eigenvalue weighted by Crippen LogP contribution is 2.08. The van der Waals surface area contributed by atoms with Crippen molar-refractivity contribution in [1.82, 2.24) is 42.5 Å². The van der Waals surface area contributed by atoms with Gasteiger partial charge < -0.3 is 78.5 Å². The normalized spacial score (nSPS) is 27.3. The van der Waals surface area contributed by atoms with E-state index in [-0.39, 0.29) is 5.57 Å². The van der Waals surface area contributed by atoms with Crippen LogP contribution in [0.15, 0.2) is 11.6 Å². The Balaban J connectivity index is 3.81. The molecule has 0 aromatic rings. The molecule has 0 spiro atoms. The SMILES string of the molecule is C/C=C(/C)C(=O)NC[C@@H]1NC(=O)C(C(=O)OC)NC(=O)[C@@H](O)CNC(=O)[C@H]([C@@H](C)O)NC(=O)C(C(O)C(O)CN)NC(=O)[C@H](C(C)C)NC(=O)[C@H](CO)NC1=O. The first kappa shape index (κ1) is 48.7. The van der Waals surface area contributed by atoms with E-state index in [2.05, 4.69) is 42.0 Å². The van der Waals surface area contributed by atoms with Crippen molar-refractivity contribution < 1.29 is 73.4 Å². The van der Waals surface area contributed by atoms with Crippen LogP contribution in [0.25, 0.3) is 0 Å². The Morgan fingerprint density at radius 2 is 1.34 bits per heavy atom. The first-order chi connectivity index (χ1) is 26.1. The molecule has 15 N–H and O–H groups in total. The number of β-amino-alcohol motifs (C(OH)–C–C–N with tert-alkyl or cyclic N) is 1. The Hall–Kier alpha value is -5.27. The third-order valence-corrected chi connectivity index (χ3v) is 8.33. The lowest BCUT2D eigenvalue weighted by Crippen LogP contribution is -2.65. The number of carbonyl (C=O) groups is 9. The van der Waals surface area contributed by atoms with Gasteiger partial charge in [0.05, 0.1) is 32.5 Å². The molecule has 316 valence electrons. The summed E-state index contributed by atoms with van der Waals surface area (Å²) in [6, 6.07) is -11.5. The summed E-state index contributed by atoms with van der Waals surface area (Å²) in [5.74, 6) is -12.0. The van der Waals surface area contributed by atoms with E-state index in [4.69, 9.17) is 5.73 Å². The summed E-state index contributed by atoms with van der Waals surface area (Å²) in [5, 5.41) is 69.0. The first-order valence-corrected chi connectivity index (χ1v) is 17.3. The monoisotopic (exact) mass is 803 g/mol. The van der Waals surface area contributed by atoms with Crippen LogP contribution in [0, 0.1) is 5.92 Å². The maximum absolute atomic E-state index is 13.5. The Bertz CT molecular complexity index is 1490. The third-order valence-electron chi connectivity index (χ3n) is 8.33. The summed E-state index contributed by atoms with van der Waals surface area (Å²) in [5.41, 5.74) is 5.62.